The van der Waals surface area contributed by atoms with Gasteiger partial charge in [-0.15, -0.1) is 0 Å². The summed E-state index contributed by atoms with van der Waals surface area (Å²) in [5.41, 5.74) is 0.0195. The molecule has 27 heavy (non-hydrogen) atoms. The van der Waals surface area contributed by atoms with Crippen molar-refractivity contribution in [3.8, 4) is 17.6 Å². The van der Waals surface area contributed by atoms with Crippen molar-refractivity contribution in [3.63, 3.8) is 0 Å². The summed E-state index contributed by atoms with van der Waals surface area (Å²) in [6, 6.07) is 10.5. The Labute approximate surface area is 159 Å². The Kier molecular flexibility index (Phi) is 6.36. The van der Waals surface area contributed by atoms with Gasteiger partial charge in [-0.3, -0.25) is 14.9 Å². The maximum atomic E-state index is 12.4. The topological polar surface area (TPSA) is 114 Å². The molecule has 1 N–H and O–H groups in total. The first-order valence-electron chi connectivity index (χ1n) is 7.48. The smallest absolute Gasteiger partial charge is 0.289 e. The van der Waals surface area contributed by atoms with Gasteiger partial charge in [-0.25, -0.2) is 0 Å². The number of ether oxygens (including phenoxy) is 2. The van der Waals surface area contributed by atoms with E-state index in [1.165, 1.54) is 32.4 Å². The molecule has 0 aliphatic heterocycles. The minimum Gasteiger partial charge on any atom is -0.497 e. The Morgan fingerprint density at radius 3 is 2.59 bits per heavy atom. The van der Waals surface area contributed by atoms with Crippen LogP contribution in [-0.2, 0) is 4.79 Å². The number of halogens is 1. The number of carbonyl (C=O) groups excluding carboxylic acids is 1. The van der Waals surface area contributed by atoms with Crippen molar-refractivity contribution in [1.29, 1.82) is 5.26 Å². The maximum Gasteiger partial charge on any atom is 0.289 e. The van der Waals surface area contributed by atoms with Crippen molar-refractivity contribution in [2.75, 3.05) is 19.5 Å². The number of hydrogen-bond donors (Lipinski definition) is 1. The summed E-state index contributed by atoms with van der Waals surface area (Å²) in [6.07, 6.45) is 1.33. The summed E-state index contributed by atoms with van der Waals surface area (Å²) >= 11 is 5.74. The zero-order valence-corrected chi connectivity index (χ0v) is 15.1. The molecule has 0 atom stereocenters. The summed E-state index contributed by atoms with van der Waals surface area (Å²) in [7, 11) is 2.94. The lowest BCUT2D eigenvalue weighted by atomic mass is 10.1. The van der Waals surface area contributed by atoms with Gasteiger partial charge in [-0.2, -0.15) is 5.26 Å². The van der Waals surface area contributed by atoms with E-state index < -0.39 is 10.8 Å². The molecule has 0 heterocycles. The van der Waals surface area contributed by atoms with E-state index >= 15 is 0 Å². The van der Waals surface area contributed by atoms with Crippen molar-refractivity contribution < 1.29 is 19.2 Å². The van der Waals surface area contributed by atoms with Crippen LogP contribution < -0.4 is 14.8 Å². The maximum absolute atomic E-state index is 12.4. The quantitative estimate of drug-likeness (QED) is 0.349. The van der Waals surface area contributed by atoms with Gasteiger partial charge in [0.2, 0.25) is 0 Å². The number of benzene rings is 2. The van der Waals surface area contributed by atoms with Crippen LogP contribution >= 0.6 is 11.6 Å². The van der Waals surface area contributed by atoms with Crippen LogP contribution in [0.25, 0.3) is 6.08 Å². The molecule has 0 aliphatic rings. The van der Waals surface area contributed by atoms with E-state index in [-0.39, 0.29) is 22.0 Å². The van der Waals surface area contributed by atoms with Crippen molar-refractivity contribution in [3.05, 3.63) is 62.7 Å². The number of nitrogens with zero attached hydrogens (tertiary/aromatic N) is 2. The highest BCUT2D eigenvalue weighted by Gasteiger charge is 2.16. The van der Waals surface area contributed by atoms with Crippen LogP contribution in [0.5, 0.6) is 11.5 Å². The number of methoxy groups -OCH3 is 2. The van der Waals surface area contributed by atoms with Crippen LogP contribution in [0.1, 0.15) is 5.56 Å². The first-order valence-corrected chi connectivity index (χ1v) is 7.86. The Balaban J connectivity index is 2.34. The highest BCUT2D eigenvalue weighted by molar-refractivity contribution is 6.32. The number of nitro groups is 1. The second-order valence-corrected chi connectivity index (χ2v) is 5.56. The van der Waals surface area contributed by atoms with Crippen molar-refractivity contribution in [2.24, 2.45) is 0 Å². The number of nitrogens with one attached hydrogen (secondary N) is 1. The van der Waals surface area contributed by atoms with Crippen LogP contribution in [-0.4, -0.2) is 25.1 Å². The number of nitriles is 1. The minimum absolute atomic E-state index is 0.0600. The van der Waals surface area contributed by atoms with Gasteiger partial charge in [-0.1, -0.05) is 11.6 Å². The van der Waals surface area contributed by atoms with E-state index in [2.05, 4.69) is 5.32 Å². The third-order valence-corrected chi connectivity index (χ3v) is 3.82. The molecule has 0 bridgehead atoms. The predicted molar refractivity (Wildman–Crippen MR) is 99.9 cm³/mol. The fourth-order valence-corrected chi connectivity index (χ4v) is 2.37. The lowest BCUT2D eigenvalue weighted by molar-refractivity contribution is -0.384. The molecule has 138 valence electrons. The van der Waals surface area contributed by atoms with E-state index in [1.807, 2.05) is 0 Å². The van der Waals surface area contributed by atoms with Crippen LogP contribution in [0.4, 0.5) is 11.4 Å². The molecule has 2 rings (SSSR count). The van der Waals surface area contributed by atoms with Crippen molar-refractivity contribution in [1.82, 2.24) is 0 Å². The van der Waals surface area contributed by atoms with Crippen LogP contribution in [0.3, 0.4) is 0 Å². The molecule has 2 aromatic carbocycles. The zero-order chi connectivity index (χ0) is 20.0. The van der Waals surface area contributed by atoms with Gasteiger partial charge in [0.15, 0.2) is 0 Å². The summed E-state index contributed by atoms with van der Waals surface area (Å²) < 4.78 is 10.3. The first kappa shape index (κ1) is 19.8. The fraction of sp³-hybridized carbons (Fsp3) is 0.111. The minimum atomic E-state index is -0.737. The van der Waals surface area contributed by atoms with E-state index in [4.69, 9.17) is 21.1 Å². The van der Waals surface area contributed by atoms with E-state index in [0.29, 0.717) is 17.1 Å². The summed E-state index contributed by atoms with van der Waals surface area (Å²) in [5.74, 6) is 0.227. The number of rotatable bonds is 6. The number of hydrogen-bond acceptors (Lipinski definition) is 6. The lowest BCUT2D eigenvalue weighted by Crippen LogP contribution is -2.13. The largest absolute Gasteiger partial charge is 0.497 e. The Hall–Kier alpha value is -3.57. The molecular weight excluding hydrogens is 374 g/mol. The van der Waals surface area contributed by atoms with E-state index in [9.17, 15) is 20.2 Å². The molecule has 0 fully saturated rings. The second kappa shape index (κ2) is 8.69. The van der Waals surface area contributed by atoms with Crippen LogP contribution in [0, 0.1) is 21.4 Å². The van der Waals surface area contributed by atoms with E-state index in [0.717, 1.165) is 6.07 Å². The number of carbonyl (C=O) groups is 1. The van der Waals surface area contributed by atoms with Gasteiger partial charge in [0.05, 0.1) is 19.1 Å². The SMILES string of the molecule is COc1ccc(OC)c(/C=C(\C#N)C(=O)Nc2ccc(Cl)c([N+](=O)[O-])c2)c1. The molecule has 1 amide bonds. The lowest BCUT2D eigenvalue weighted by Gasteiger charge is -2.08. The number of amides is 1. The second-order valence-electron chi connectivity index (χ2n) is 5.16. The monoisotopic (exact) mass is 387 g/mol. The summed E-state index contributed by atoms with van der Waals surface area (Å²) in [5, 5.41) is 22.6. The summed E-state index contributed by atoms with van der Waals surface area (Å²) in [4.78, 5) is 22.7. The van der Waals surface area contributed by atoms with Crippen molar-refractivity contribution >= 4 is 35.0 Å². The predicted octanol–water partition coefficient (Wildman–Crippen LogP) is 3.81. The van der Waals surface area contributed by atoms with Crippen molar-refractivity contribution in [2.45, 2.75) is 0 Å². The average molecular weight is 388 g/mol. The van der Waals surface area contributed by atoms with Crippen LogP contribution in [0.15, 0.2) is 42.0 Å². The molecule has 9 heteroatoms. The van der Waals surface area contributed by atoms with Gasteiger partial charge in [0.1, 0.15) is 28.2 Å². The highest BCUT2D eigenvalue weighted by atomic mass is 35.5. The molecule has 8 nitrogen and oxygen atoms in total. The highest BCUT2D eigenvalue weighted by Crippen LogP contribution is 2.28. The molecule has 0 aromatic heterocycles. The average Bonchev–Trinajstić information content (AvgIpc) is 2.66. The van der Waals surface area contributed by atoms with E-state index in [1.54, 1.807) is 24.3 Å². The van der Waals surface area contributed by atoms with Gasteiger partial charge < -0.3 is 14.8 Å². The normalized spacial score (nSPS) is 10.7. The molecule has 0 spiro atoms. The number of anilines is 1. The first-order chi connectivity index (χ1) is 12.9. The summed E-state index contributed by atoms with van der Waals surface area (Å²) in [6.45, 7) is 0. The molecule has 0 unspecified atom stereocenters. The standard InChI is InChI=1S/C18H14ClN3O5/c1-26-14-4-6-17(27-2)11(8-14)7-12(10-20)18(23)21-13-3-5-15(19)16(9-13)22(24)25/h3-9H,1-2H3,(H,21,23)/b12-7+. The molecular formula is C18H14ClN3O5. The zero-order valence-electron chi connectivity index (χ0n) is 14.4. The fourth-order valence-electron chi connectivity index (χ4n) is 2.19. The molecule has 2 aromatic rings. The van der Waals surface area contributed by atoms with Gasteiger partial charge in [-0.05, 0) is 36.4 Å². The Morgan fingerprint density at radius 2 is 2.00 bits per heavy atom. The molecule has 0 saturated heterocycles. The van der Waals surface area contributed by atoms with Gasteiger partial charge in [0, 0.05) is 17.3 Å². The van der Waals surface area contributed by atoms with Gasteiger partial charge >= 0.3 is 0 Å². The molecule has 0 aliphatic carbocycles. The van der Waals surface area contributed by atoms with Gasteiger partial charge in [0.25, 0.3) is 11.6 Å². The molecule has 0 radical (unpaired) electrons. The third-order valence-electron chi connectivity index (χ3n) is 3.50. The third kappa shape index (κ3) is 4.74. The molecule has 0 saturated carbocycles. The number of nitro benzene ring substituents is 1. The Morgan fingerprint density at radius 1 is 1.26 bits per heavy atom. The Bertz CT molecular complexity index is 966. The van der Waals surface area contributed by atoms with Crippen LogP contribution in [0.2, 0.25) is 5.02 Å².